The number of benzene rings is 2. The van der Waals surface area contributed by atoms with E-state index in [1.165, 1.54) is 18.2 Å². The fraction of sp³-hybridized carbons (Fsp3) is 0.333. The Hall–Kier alpha value is -2.89. The smallest absolute Gasteiger partial charge is 0.434 e. The van der Waals surface area contributed by atoms with E-state index < -0.39 is 33.6 Å². The Morgan fingerprint density at radius 1 is 1.24 bits per heavy atom. The second-order valence-electron chi connectivity index (χ2n) is 7.77. The van der Waals surface area contributed by atoms with Crippen LogP contribution in [0.25, 0.3) is 0 Å². The molecule has 4 rings (SSSR count). The molecule has 0 saturated carbocycles. The maximum Gasteiger partial charge on any atom is 0.434 e. The number of ether oxygens (including phenoxy) is 1. The van der Waals surface area contributed by atoms with E-state index >= 15 is 0 Å². The van der Waals surface area contributed by atoms with Crippen molar-refractivity contribution in [2.75, 3.05) is 18.5 Å². The number of nitrogens with zero attached hydrogens (tertiary/aromatic N) is 1. The zero-order valence-electron chi connectivity index (χ0n) is 18.0. The van der Waals surface area contributed by atoms with Gasteiger partial charge in [-0.3, -0.25) is 0 Å². The standard InChI is InChI=1S/C21H22ClFN4O5S/c1-10-4-6-14(23)16(11(10)2)12(3)17(20-25-26-21(28)32-20)27-33(29,30)15-7-5-13(22)18-19(15)31-9-8-24-18/h4-7,12,17,24,27H,8-9H2,1-3H3,(H,26,28)/t12-,17+/m1/s1. The first-order valence-electron chi connectivity index (χ1n) is 10.1. The lowest BCUT2D eigenvalue weighted by Crippen LogP contribution is -2.33. The van der Waals surface area contributed by atoms with E-state index in [-0.39, 0.29) is 28.7 Å². The van der Waals surface area contributed by atoms with Crippen molar-refractivity contribution in [1.82, 2.24) is 14.9 Å². The Labute approximate surface area is 194 Å². The van der Waals surface area contributed by atoms with Gasteiger partial charge in [-0.05, 0) is 48.7 Å². The van der Waals surface area contributed by atoms with Crippen molar-refractivity contribution >= 4 is 27.3 Å². The third-order valence-corrected chi connectivity index (χ3v) is 7.48. The van der Waals surface area contributed by atoms with Crippen molar-refractivity contribution in [3.63, 3.8) is 0 Å². The second kappa shape index (κ2) is 8.81. The van der Waals surface area contributed by atoms with Gasteiger partial charge in [-0.25, -0.2) is 22.7 Å². The third-order valence-electron chi connectivity index (χ3n) is 5.70. The van der Waals surface area contributed by atoms with Crippen LogP contribution in [0.1, 0.15) is 41.5 Å². The van der Waals surface area contributed by atoms with Crippen LogP contribution in [0.2, 0.25) is 5.02 Å². The van der Waals surface area contributed by atoms with Gasteiger partial charge in [0.15, 0.2) is 5.75 Å². The molecule has 0 fully saturated rings. The van der Waals surface area contributed by atoms with Crippen molar-refractivity contribution in [3.8, 4) is 5.75 Å². The minimum absolute atomic E-state index is 0.0778. The van der Waals surface area contributed by atoms with Crippen LogP contribution in [-0.4, -0.2) is 31.8 Å². The number of nitrogens with one attached hydrogen (secondary N) is 3. The number of halogens is 2. The van der Waals surface area contributed by atoms with Gasteiger partial charge in [-0.2, -0.15) is 4.72 Å². The number of hydrogen-bond donors (Lipinski definition) is 3. The number of aryl methyl sites for hydroxylation is 1. The van der Waals surface area contributed by atoms with E-state index in [1.807, 2.05) is 6.92 Å². The van der Waals surface area contributed by atoms with Gasteiger partial charge < -0.3 is 14.5 Å². The van der Waals surface area contributed by atoms with E-state index in [0.29, 0.717) is 22.8 Å². The first-order chi connectivity index (χ1) is 15.6. The first-order valence-corrected chi connectivity index (χ1v) is 12.0. The van der Waals surface area contributed by atoms with E-state index in [0.717, 1.165) is 5.56 Å². The van der Waals surface area contributed by atoms with E-state index in [4.69, 9.17) is 20.8 Å². The highest BCUT2D eigenvalue weighted by Gasteiger charge is 2.35. The molecule has 3 aromatic rings. The lowest BCUT2D eigenvalue weighted by molar-refractivity contribution is 0.314. The molecule has 33 heavy (non-hydrogen) atoms. The second-order valence-corrected chi connectivity index (χ2v) is 9.86. The maximum atomic E-state index is 14.8. The molecule has 176 valence electrons. The minimum Gasteiger partial charge on any atom is -0.488 e. The molecule has 2 atom stereocenters. The topological polar surface area (TPSA) is 126 Å². The lowest BCUT2D eigenvalue weighted by Gasteiger charge is -2.26. The van der Waals surface area contributed by atoms with Gasteiger partial charge in [0.1, 0.15) is 23.4 Å². The number of sulfonamides is 1. The van der Waals surface area contributed by atoms with Crippen molar-refractivity contribution in [2.45, 2.75) is 37.6 Å². The average Bonchev–Trinajstić information content (AvgIpc) is 3.21. The van der Waals surface area contributed by atoms with Gasteiger partial charge in [0, 0.05) is 12.5 Å². The maximum absolute atomic E-state index is 14.8. The first kappa shape index (κ1) is 23.3. The summed E-state index contributed by atoms with van der Waals surface area (Å²) in [4.78, 5) is 11.5. The van der Waals surface area contributed by atoms with Gasteiger partial charge >= 0.3 is 5.76 Å². The van der Waals surface area contributed by atoms with Crippen molar-refractivity contribution in [2.24, 2.45) is 0 Å². The van der Waals surface area contributed by atoms with Crippen molar-refractivity contribution < 1.29 is 22.0 Å². The molecule has 0 unspecified atom stereocenters. The van der Waals surface area contributed by atoms with Crippen LogP contribution in [0.15, 0.2) is 38.4 Å². The minimum atomic E-state index is -4.26. The van der Waals surface area contributed by atoms with E-state index in [2.05, 4.69) is 20.2 Å². The highest BCUT2D eigenvalue weighted by Crippen LogP contribution is 2.41. The Morgan fingerprint density at radius 3 is 2.70 bits per heavy atom. The number of hydrogen-bond acceptors (Lipinski definition) is 7. The van der Waals surface area contributed by atoms with Crippen LogP contribution in [0.4, 0.5) is 10.1 Å². The number of aromatic amines is 1. The molecule has 12 heteroatoms. The zero-order chi connectivity index (χ0) is 23.9. The third kappa shape index (κ3) is 4.35. The number of anilines is 1. The predicted molar refractivity (Wildman–Crippen MR) is 120 cm³/mol. The predicted octanol–water partition coefficient (Wildman–Crippen LogP) is 3.40. The molecule has 1 aliphatic rings. The molecular weight excluding hydrogens is 475 g/mol. The molecule has 0 spiro atoms. The lowest BCUT2D eigenvalue weighted by atomic mass is 9.88. The quantitative estimate of drug-likeness (QED) is 0.477. The molecule has 0 bridgehead atoms. The summed E-state index contributed by atoms with van der Waals surface area (Å²) in [7, 11) is -4.26. The van der Waals surface area contributed by atoms with E-state index in [1.54, 1.807) is 19.9 Å². The zero-order valence-corrected chi connectivity index (χ0v) is 19.6. The average molecular weight is 497 g/mol. The van der Waals surface area contributed by atoms with Crippen LogP contribution >= 0.6 is 11.6 Å². The molecule has 0 aliphatic carbocycles. The molecular formula is C21H22ClFN4O5S. The fourth-order valence-corrected chi connectivity index (χ4v) is 5.52. The summed E-state index contributed by atoms with van der Waals surface area (Å²) in [5.74, 6) is -2.30. The van der Waals surface area contributed by atoms with Crippen molar-refractivity contribution in [1.29, 1.82) is 0 Å². The Kier molecular flexibility index (Phi) is 6.21. The highest BCUT2D eigenvalue weighted by atomic mass is 35.5. The van der Waals surface area contributed by atoms with Gasteiger partial charge in [0.25, 0.3) is 0 Å². The van der Waals surface area contributed by atoms with Crippen LogP contribution in [0, 0.1) is 19.7 Å². The summed E-state index contributed by atoms with van der Waals surface area (Å²) >= 11 is 6.19. The molecule has 1 aliphatic heterocycles. The molecule has 2 heterocycles. The molecule has 1 aromatic heterocycles. The summed E-state index contributed by atoms with van der Waals surface area (Å²) in [5.41, 5.74) is 2.13. The van der Waals surface area contributed by atoms with Gasteiger partial charge in [-0.1, -0.05) is 24.6 Å². The highest BCUT2D eigenvalue weighted by molar-refractivity contribution is 7.89. The van der Waals surface area contributed by atoms with E-state index in [9.17, 15) is 17.6 Å². The van der Waals surface area contributed by atoms with Gasteiger partial charge in [-0.15, -0.1) is 5.10 Å². The molecule has 0 saturated heterocycles. The fourth-order valence-electron chi connectivity index (χ4n) is 3.89. The Balaban J connectivity index is 1.81. The normalized spacial score (nSPS) is 15.3. The van der Waals surface area contributed by atoms with Gasteiger partial charge in [0.2, 0.25) is 15.9 Å². The van der Waals surface area contributed by atoms with Crippen LogP contribution < -0.4 is 20.5 Å². The van der Waals surface area contributed by atoms with Crippen LogP contribution in [0.3, 0.4) is 0 Å². The molecule has 0 amide bonds. The summed E-state index contributed by atoms with van der Waals surface area (Å²) in [5, 5.41) is 9.27. The summed E-state index contributed by atoms with van der Waals surface area (Å²) < 4.78 is 55.0. The monoisotopic (exact) mass is 496 g/mol. The van der Waals surface area contributed by atoms with Gasteiger partial charge in [0.05, 0.1) is 10.7 Å². The number of aromatic nitrogens is 2. The molecule has 3 N–H and O–H groups in total. The largest absolute Gasteiger partial charge is 0.488 e. The van der Waals surface area contributed by atoms with Crippen LogP contribution in [-0.2, 0) is 10.0 Å². The summed E-state index contributed by atoms with van der Waals surface area (Å²) in [6.45, 7) is 5.90. The Morgan fingerprint density at radius 2 is 2.00 bits per heavy atom. The summed E-state index contributed by atoms with van der Waals surface area (Å²) in [6.07, 6.45) is 0. The molecule has 2 aromatic carbocycles. The number of rotatable bonds is 6. The molecule has 9 nitrogen and oxygen atoms in total. The van der Waals surface area contributed by atoms with Crippen molar-refractivity contribution in [3.05, 3.63) is 68.2 Å². The number of fused-ring (bicyclic) bond motifs is 1. The SMILES string of the molecule is Cc1ccc(F)c([C@@H](C)[C@H](NS(=O)(=O)c2ccc(Cl)c3c2OCCN3)c2n[nH]c(=O)o2)c1C. The van der Waals surface area contributed by atoms with Crippen LogP contribution in [0.5, 0.6) is 5.75 Å². The Bertz CT molecular complexity index is 1370. The molecule has 0 radical (unpaired) electrons. The summed E-state index contributed by atoms with van der Waals surface area (Å²) in [6, 6.07) is 4.51. The number of H-pyrrole nitrogens is 1.